The number of amides is 1. The van der Waals surface area contributed by atoms with Crippen LogP contribution in [0.4, 0.5) is 0 Å². The number of halogens is 2. The molecule has 0 bridgehead atoms. The van der Waals surface area contributed by atoms with Crippen molar-refractivity contribution < 1.29 is 9.53 Å². The highest BCUT2D eigenvalue weighted by molar-refractivity contribution is 6.34. The number of carbonyl (C=O) groups excluding carboxylic acids is 1. The SMILES string of the molecule is COc1ccc(C(=O)NCCc2cc(Cl)cc(Cl)c2)cn1. The van der Waals surface area contributed by atoms with E-state index < -0.39 is 0 Å². The summed E-state index contributed by atoms with van der Waals surface area (Å²) in [6.45, 7) is 0.488. The van der Waals surface area contributed by atoms with Crippen LogP contribution in [0.25, 0.3) is 0 Å². The zero-order valence-electron chi connectivity index (χ0n) is 11.4. The van der Waals surface area contributed by atoms with Gasteiger partial charge in [0.15, 0.2) is 0 Å². The normalized spacial score (nSPS) is 10.2. The standard InChI is InChI=1S/C15H14Cl2N2O2/c1-21-14-3-2-11(9-19-14)15(20)18-5-4-10-6-12(16)8-13(17)7-10/h2-3,6-9H,4-5H2,1H3,(H,18,20). The van der Waals surface area contributed by atoms with Crippen LogP contribution in [-0.4, -0.2) is 24.5 Å². The average molecular weight is 325 g/mol. The molecule has 0 atom stereocenters. The van der Waals surface area contributed by atoms with Gasteiger partial charge in [-0.3, -0.25) is 4.79 Å². The van der Waals surface area contributed by atoms with Crippen molar-refractivity contribution in [2.45, 2.75) is 6.42 Å². The average Bonchev–Trinajstić information content (AvgIpc) is 2.46. The van der Waals surface area contributed by atoms with Crippen molar-refractivity contribution in [3.8, 4) is 5.88 Å². The number of nitrogens with zero attached hydrogens (tertiary/aromatic N) is 1. The molecule has 1 N–H and O–H groups in total. The molecule has 0 unspecified atom stereocenters. The first-order valence-corrected chi connectivity index (χ1v) is 7.07. The zero-order valence-corrected chi connectivity index (χ0v) is 12.9. The van der Waals surface area contributed by atoms with E-state index in [1.165, 1.54) is 13.3 Å². The minimum absolute atomic E-state index is 0.182. The number of aromatic nitrogens is 1. The van der Waals surface area contributed by atoms with Gasteiger partial charge in [0.05, 0.1) is 12.7 Å². The predicted octanol–water partition coefficient (Wildman–Crippen LogP) is 3.37. The van der Waals surface area contributed by atoms with Crippen molar-refractivity contribution in [1.29, 1.82) is 0 Å². The van der Waals surface area contributed by atoms with Crippen LogP contribution in [0.1, 0.15) is 15.9 Å². The lowest BCUT2D eigenvalue weighted by molar-refractivity contribution is 0.0953. The van der Waals surface area contributed by atoms with Gasteiger partial charge in [-0.25, -0.2) is 4.98 Å². The third-order valence-corrected chi connectivity index (χ3v) is 3.27. The number of ether oxygens (including phenoxy) is 1. The molecule has 2 rings (SSSR count). The first-order valence-electron chi connectivity index (χ1n) is 6.31. The van der Waals surface area contributed by atoms with Crippen LogP contribution in [-0.2, 0) is 6.42 Å². The fourth-order valence-corrected chi connectivity index (χ4v) is 2.38. The molecular weight excluding hydrogens is 311 g/mol. The van der Waals surface area contributed by atoms with Gasteiger partial charge >= 0.3 is 0 Å². The summed E-state index contributed by atoms with van der Waals surface area (Å²) >= 11 is 11.8. The molecule has 0 aliphatic heterocycles. The number of methoxy groups -OCH3 is 1. The number of rotatable bonds is 5. The molecule has 0 saturated carbocycles. The molecule has 6 heteroatoms. The van der Waals surface area contributed by atoms with Gasteiger partial charge in [-0.1, -0.05) is 23.2 Å². The maximum atomic E-state index is 11.9. The van der Waals surface area contributed by atoms with Crippen LogP contribution in [0.2, 0.25) is 10.0 Å². The molecular formula is C15H14Cl2N2O2. The maximum absolute atomic E-state index is 11.9. The van der Waals surface area contributed by atoms with Crippen LogP contribution in [0.3, 0.4) is 0 Å². The molecule has 1 aromatic heterocycles. The number of benzene rings is 1. The highest BCUT2D eigenvalue weighted by Crippen LogP contribution is 2.19. The summed E-state index contributed by atoms with van der Waals surface area (Å²) < 4.78 is 4.94. The fourth-order valence-electron chi connectivity index (χ4n) is 1.81. The molecule has 0 aliphatic carbocycles. The Morgan fingerprint density at radius 2 is 1.95 bits per heavy atom. The summed E-state index contributed by atoms with van der Waals surface area (Å²) in [5, 5.41) is 3.99. The fraction of sp³-hybridized carbons (Fsp3) is 0.200. The van der Waals surface area contributed by atoms with E-state index in [1.807, 2.05) is 12.1 Å². The summed E-state index contributed by atoms with van der Waals surface area (Å²) in [7, 11) is 1.53. The molecule has 0 spiro atoms. The smallest absolute Gasteiger partial charge is 0.252 e. The van der Waals surface area contributed by atoms with Crippen molar-refractivity contribution in [2.75, 3.05) is 13.7 Å². The summed E-state index contributed by atoms with van der Waals surface area (Å²) in [5.41, 5.74) is 1.46. The van der Waals surface area contributed by atoms with Crippen LogP contribution in [0.5, 0.6) is 5.88 Å². The van der Waals surface area contributed by atoms with Crippen LogP contribution in [0.15, 0.2) is 36.5 Å². The highest BCUT2D eigenvalue weighted by Gasteiger charge is 2.06. The Morgan fingerprint density at radius 3 is 2.52 bits per heavy atom. The minimum atomic E-state index is -0.182. The van der Waals surface area contributed by atoms with E-state index in [0.717, 1.165) is 5.56 Å². The van der Waals surface area contributed by atoms with E-state index in [4.69, 9.17) is 27.9 Å². The lowest BCUT2D eigenvalue weighted by Gasteiger charge is -2.06. The second-order valence-electron chi connectivity index (χ2n) is 4.37. The van der Waals surface area contributed by atoms with Crippen LogP contribution >= 0.6 is 23.2 Å². The van der Waals surface area contributed by atoms with Crippen molar-refractivity contribution in [3.05, 3.63) is 57.7 Å². The molecule has 1 heterocycles. The van der Waals surface area contributed by atoms with E-state index in [2.05, 4.69) is 10.3 Å². The van der Waals surface area contributed by atoms with Gasteiger partial charge < -0.3 is 10.1 Å². The Bertz CT molecular complexity index is 610. The molecule has 0 radical (unpaired) electrons. The van der Waals surface area contributed by atoms with E-state index in [-0.39, 0.29) is 5.91 Å². The predicted molar refractivity (Wildman–Crippen MR) is 83.3 cm³/mol. The van der Waals surface area contributed by atoms with Crippen LogP contribution < -0.4 is 10.1 Å². The Balaban J connectivity index is 1.88. The number of pyridine rings is 1. The number of carbonyl (C=O) groups is 1. The molecule has 1 aromatic carbocycles. The molecule has 0 fully saturated rings. The number of hydrogen-bond donors (Lipinski definition) is 1. The number of nitrogens with one attached hydrogen (secondary N) is 1. The van der Waals surface area contributed by atoms with Crippen molar-refractivity contribution in [1.82, 2.24) is 10.3 Å². The third-order valence-electron chi connectivity index (χ3n) is 2.83. The van der Waals surface area contributed by atoms with E-state index >= 15 is 0 Å². The Hall–Kier alpha value is -1.78. The topological polar surface area (TPSA) is 51.2 Å². The minimum Gasteiger partial charge on any atom is -0.481 e. The quantitative estimate of drug-likeness (QED) is 0.917. The summed E-state index contributed by atoms with van der Waals surface area (Å²) in [5.74, 6) is 0.290. The Kier molecular flexibility index (Phi) is 5.42. The van der Waals surface area contributed by atoms with Crippen molar-refractivity contribution in [2.24, 2.45) is 0 Å². The van der Waals surface area contributed by atoms with Crippen molar-refractivity contribution in [3.63, 3.8) is 0 Å². The van der Waals surface area contributed by atoms with Gasteiger partial charge in [0.1, 0.15) is 0 Å². The molecule has 0 aliphatic rings. The lowest BCUT2D eigenvalue weighted by atomic mass is 10.1. The van der Waals surface area contributed by atoms with Gasteiger partial charge in [-0.05, 0) is 36.2 Å². The van der Waals surface area contributed by atoms with Crippen LogP contribution in [0, 0.1) is 0 Å². The Labute approximate surface area is 133 Å². The first kappa shape index (κ1) is 15.6. The Morgan fingerprint density at radius 1 is 1.24 bits per heavy atom. The molecule has 1 amide bonds. The lowest BCUT2D eigenvalue weighted by Crippen LogP contribution is -2.25. The molecule has 4 nitrogen and oxygen atoms in total. The van der Waals surface area contributed by atoms with Gasteiger partial charge in [0.2, 0.25) is 5.88 Å². The van der Waals surface area contributed by atoms with E-state index in [9.17, 15) is 4.79 Å². The molecule has 0 saturated heterocycles. The van der Waals surface area contributed by atoms with Gasteiger partial charge in [0.25, 0.3) is 5.91 Å². The summed E-state index contributed by atoms with van der Waals surface area (Å²) in [6, 6.07) is 8.64. The summed E-state index contributed by atoms with van der Waals surface area (Å²) in [4.78, 5) is 15.9. The largest absolute Gasteiger partial charge is 0.481 e. The second-order valence-corrected chi connectivity index (χ2v) is 5.25. The molecule has 21 heavy (non-hydrogen) atoms. The molecule has 110 valence electrons. The van der Waals surface area contributed by atoms with Gasteiger partial charge in [-0.15, -0.1) is 0 Å². The number of hydrogen-bond acceptors (Lipinski definition) is 3. The zero-order chi connectivity index (χ0) is 15.2. The van der Waals surface area contributed by atoms with E-state index in [0.29, 0.717) is 34.5 Å². The second kappa shape index (κ2) is 7.29. The molecule has 2 aromatic rings. The first-order chi connectivity index (χ1) is 10.1. The monoisotopic (exact) mass is 324 g/mol. The maximum Gasteiger partial charge on any atom is 0.252 e. The highest BCUT2D eigenvalue weighted by atomic mass is 35.5. The third kappa shape index (κ3) is 4.62. The van der Waals surface area contributed by atoms with Crippen molar-refractivity contribution >= 4 is 29.1 Å². The van der Waals surface area contributed by atoms with Gasteiger partial charge in [0, 0.05) is 28.9 Å². The van der Waals surface area contributed by atoms with E-state index in [1.54, 1.807) is 18.2 Å². The van der Waals surface area contributed by atoms with Gasteiger partial charge in [-0.2, -0.15) is 0 Å². The summed E-state index contributed by atoms with van der Waals surface area (Å²) in [6.07, 6.45) is 2.13.